The van der Waals surface area contributed by atoms with Gasteiger partial charge >= 0.3 is 0 Å². The van der Waals surface area contributed by atoms with E-state index >= 15 is 0 Å². The molecule has 0 spiro atoms. The zero-order chi connectivity index (χ0) is 22.8. The lowest BCUT2D eigenvalue weighted by Gasteiger charge is -2.22. The van der Waals surface area contributed by atoms with Crippen LogP contribution >= 0.6 is 0 Å². The highest BCUT2D eigenvalue weighted by Crippen LogP contribution is 2.52. The van der Waals surface area contributed by atoms with Gasteiger partial charge in [-0.25, -0.2) is 0 Å². The van der Waals surface area contributed by atoms with E-state index in [1.54, 1.807) is 7.05 Å². The van der Waals surface area contributed by atoms with Crippen LogP contribution < -0.4 is 10.6 Å². The second-order valence-electron chi connectivity index (χ2n) is 9.08. The molecule has 0 radical (unpaired) electrons. The summed E-state index contributed by atoms with van der Waals surface area (Å²) in [6.45, 7) is 1.51. The molecule has 4 unspecified atom stereocenters. The van der Waals surface area contributed by atoms with E-state index in [1.165, 1.54) is 16.0 Å². The fourth-order valence-electron chi connectivity index (χ4n) is 5.69. The topological polar surface area (TPSA) is 73.8 Å². The molecule has 2 fully saturated rings. The van der Waals surface area contributed by atoms with Crippen molar-refractivity contribution in [3.05, 3.63) is 83.9 Å². The zero-order valence-electron chi connectivity index (χ0n) is 18.9. The molecule has 2 amide bonds. The predicted molar refractivity (Wildman–Crippen MR) is 129 cm³/mol. The number of hydrogen-bond donors (Lipinski definition) is 2. The molecule has 3 aliphatic rings. The Hall–Kier alpha value is -3.41. The van der Waals surface area contributed by atoms with Gasteiger partial charge in [-0.05, 0) is 29.4 Å². The first-order valence-corrected chi connectivity index (χ1v) is 11.8. The molecule has 33 heavy (non-hydrogen) atoms. The molecule has 2 aliphatic carbocycles. The Morgan fingerprint density at radius 2 is 1.45 bits per heavy atom. The second-order valence-corrected chi connectivity index (χ2v) is 9.08. The highest BCUT2D eigenvalue weighted by atomic mass is 16.2. The van der Waals surface area contributed by atoms with Gasteiger partial charge in [0.1, 0.15) is 0 Å². The van der Waals surface area contributed by atoms with Crippen molar-refractivity contribution in [2.24, 2.45) is 28.7 Å². The first-order chi connectivity index (χ1) is 16.2. The largest absolute Gasteiger partial charge is 0.355 e. The maximum atomic E-state index is 12.9. The number of nitrogens with zero attached hydrogens (tertiary/aromatic N) is 2. The van der Waals surface area contributed by atoms with Gasteiger partial charge < -0.3 is 10.6 Å². The van der Waals surface area contributed by atoms with Gasteiger partial charge in [-0.2, -0.15) is 0 Å². The summed E-state index contributed by atoms with van der Waals surface area (Å²) in [6, 6.07) is 20.8. The summed E-state index contributed by atoms with van der Waals surface area (Å²) < 4.78 is 0. The van der Waals surface area contributed by atoms with Gasteiger partial charge in [0.2, 0.25) is 11.8 Å². The van der Waals surface area contributed by atoms with E-state index < -0.39 is 0 Å². The van der Waals surface area contributed by atoms with Gasteiger partial charge in [0.15, 0.2) is 5.96 Å². The Kier molecular flexibility index (Phi) is 5.99. The molecular weight excluding hydrogens is 412 g/mol. The lowest BCUT2D eigenvalue weighted by molar-refractivity contribution is -0.140. The van der Waals surface area contributed by atoms with Crippen molar-refractivity contribution in [1.29, 1.82) is 0 Å². The third kappa shape index (κ3) is 4.06. The quantitative estimate of drug-likeness (QED) is 0.299. The molecule has 5 rings (SSSR count). The fraction of sp³-hybridized carbons (Fsp3) is 0.370. The fourth-order valence-corrected chi connectivity index (χ4v) is 5.69. The van der Waals surface area contributed by atoms with E-state index in [0.29, 0.717) is 25.6 Å². The van der Waals surface area contributed by atoms with Crippen molar-refractivity contribution in [3.63, 3.8) is 0 Å². The normalized spacial score (nSPS) is 25.8. The van der Waals surface area contributed by atoms with Crippen molar-refractivity contribution < 1.29 is 9.59 Å². The Morgan fingerprint density at radius 3 is 1.97 bits per heavy atom. The van der Waals surface area contributed by atoms with Crippen LogP contribution in [-0.4, -0.2) is 49.4 Å². The summed E-state index contributed by atoms with van der Waals surface area (Å²) in [6.07, 6.45) is 5.21. The molecule has 4 atom stereocenters. The number of imide groups is 1. The van der Waals surface area contributed by atoms with Crippen LogP contribution in [0.1, 0.15) is 23.5 Å². The zero-order valence-corrected chi connectivity index (χ0v) is 18.9. The maximum Gasteiger partial charge on any atom is 0.233 e. The number of carbonyl (C=O) groups is 2. The van der Waals surface area contributed by atoms with Crippen LogP contribution in [0.3, 0.4) is 0 Å². The molecule has 6 nitrogen and oxygen atoms in total. The minimum atomic E-state index is -0.137. The molecular formula is C27H30N4O2. The highest BCUT2D eigenvalue weighted by Gasteiger charge is 2.58. The number of amides is 2. The molecule has 6 heteroatoms. The average Bonchev–Trinajstić information content (AvgIpc) is 3.54. The molecule has 1 saturated carbocycles. The molecule has 1 saturated heterocycles. The number of fused-ring (bicyclic) bond motifs is 5. The lowest BCUT2D eigenvalue weighted by Crippen LogP contribution is -2.44. The molecule has 170 valence electrons. The number of allylic oxidation sites excluding steroid dienone is 2. The summed E-state index contributed by atoms with van der Waals surface area (Å²) >= 11 is 0. The number of rotatable bonds is 7. The number of benzene rings is 2. The van der Waals surface area contributed by atoms with Gasteiger partial charge in [0, 0.05) is 32.6 Å². The third-order valence-corrected chi connectivity index (χ3v) is 7.29. The first kappa shape index (κ1) is 21.4. The summed E-state index contributed by atoms with van der Waals surface area (Å²) in [7, 11) is 1.73. The number of likely N-dealkylation sites (tertiary alicyclic amines) is 1. The number of carbonyl (C=O) groups excluding carboxylic acids is 2. The Bertz CT molecular complexity index is 997. The van der Waals surface area contributed by atoms with Crippen molar-refractivity contribution >= 4 is 17.8 Å². The Labute approximate surface area is 194 Å². The predicted octanol–water partition coefficient (Wildman–Crippen LogP) is 2.79. The van der Waals surface area contributed by atoms with E-state index in [2.05, 4.69) is 76.3 Å². The van der Waals surface area contributed by atoms with Crippen molar-refractivity contribution in [2.75, 3.05) is 26.7 Å². The molecule has 1 aliphatic heterocycles. The van der Waals surface area contributed by atoms with E-state index in [-0.39, 0.29) is 41.4 Å². The molecule has 2 aromatic carbocycles. The van der Waals surface area contributed by atoms with E-state index in [0.717, 1.165) is 6.42 Å². The van der Waals surface area contributed by atoms with E-state index in [4.69, 9.17) is 0 Å². The molecule has 0 aromatic heterocycles. The molecule has 2 bridgehead atoms. The van der Waals surface area contributed by atoms with Crippen LogP contribution in [0.15, 0.2) is 77.8 Å². The van der Waals surface area contributed by atoms with Gasteiger partial charge in [-0.15, -0.1) is 0 Å². The highest BCUT2D eigenvalue weighted by molar-refractivity contribution is 6.06. The monoisotopic (exact) mass is 442 g/mol. The molecule has 1 heterocycles. The number of nitrogens with one attached hydrogen (secondary N) is 2. The summed E-state index contributed by atoms with van der Waals surface area (Å²) in [5.74, 6) is 1.06. The van der Waals surface area contributed by atoms with Crippen molar-refractivity contribution in [3.8, 4) is 0 Å². The smallest absolute Gasteiger partial charge is 0.233 e. The van der Waals surface area contributed by atoms with Gasteiger partial charge in [0.25, 0.3) is 0 Å². The van der Waals surface area contributed by atoms with Gasteiger partial charge in [0.05, 0.1) is 11.8 Å². The number of guanidine groups is 1. The second kappa shape index (κ2) is 9.22. The van der Waals surface area contributed by atoms with E-state index in [9.17, 15) is 9.59 Å². The summed E-state index contributed by atoms with van der Waals surface area (Å²) in [5.41, 5.74) is 2.46. The summed E-state index contributed by atoms with van der Waals surface area (Å²) in [4.78, 5) is 31.5. The number of hydrogen-bond acceptors (Lipinski definition) is 3. The van der Waals surface area contributed by atoms with Crippen LogP contribution in [0.5, 0.6) is 0 Å². The Balaban J connectivity index is 1.17. The van der Waals surface area contributed by atoms with Crippen LogP contribution in [-0.2, 0) is 9.59 Å². The maximum absolute atomic E-state index is 12.9. The van der Waals surface area contributed by atoms with E-state index in [1.807, 2.05) is 12.1 Å². The first-order valence-electron chi connectivity index (χ1n) is 11.8. The summed E-state index contributed by atoms with van der Waals surface area (Å²) in [5, 5.41) is 6.70. The van der Waals surface area contributed by atoms with Crippen molar-refractivity contribution in [2.45, 2.75) is 12.3 Å². The van der Waals surface area contributed by atoms with Crippen LogP contribution in [0.25, 0.3) is 0 Å². The van der Waals surface area contributed by atoms with Crippen LogP contribution in [0, 0.1) is 23.7 Å². The Morgan fingerprint density at radius 1 is 0.909 bits per heavy atom. The average molecular weight is 443 g/mol. The van der Waals surface area contributed by atoms with Crippen LogP contribution in [0.2, 0.25) is 0 Å². The minimum Gasteiger partial charge on any atom is -0.355 e. The molecule has 2 N–H and O–H groups in total. The van der Waals surface area contributed by atoms with Gasteiger partial charge in [-0.3, -0.25) is 19.5 Å². The SMILES string of the molecule is CN=C(NCCN1C(=O)C2C3C=CC(C3)C2C1=O)NCC(c1ccccc1)c1ccccc1. The standard InChI is InChI=1S/C27H30N4O2/c1-28-27(30-17-22(18-8-4-2-5-9-18)19-10-6-3-7-11-19)29-14-15-31-25(32)23-20-12-13-21(16-20)24(23)26(31)33/h2-13,20-24H,14-17H2,1H3,(H2,28,29,30). The van der Waals surface area contributed by atoms with Crippen LogP contribution in [0.4, 0.5) is 0 Å². The minimum absolute atomic E-state index is 0.000171. The lowest BCUT2D eigenvalue weighted by atomic mass is 9.85. The van der Waals surface area contributed by atoms with Crippen molar-refractivity contribution in [1.82, 2.24) is 15.5 Å². The molecule has 2 aromatic rings. The third-order valence-electron chi connectivity index (χ3n) is 7.29. The van der Waals surface area contributed by atoms with Gasteiger partial charge in [-0.1, -0.05) is 72.8 Å². The number of aliphatic imine (C=N–C) groups is 1.